The molecule has 2 rings (SSSR count). The maximum Gasteiger partial charge on any atom is 0.254 e. The minimum absolute atomic E-state index is 0.111. The molecule has 0 spiro atoms. The van der Waals surface area contributed by atoms with Crippen LogP contribution in [-0.2, 0) is 18.9 Å². The summed E-state index contributed by atoms with van der Waals surface area (Å²) in [5, 5.41) is 0. The van der Waals surface area contributed by atoms with Gasteiger partial charge in [0.1, 0.15) is 0 Å². The summed E-state index contributed by atoms with van der Waals surface area (Å²) in [5.41, 5.74) is 0.525. The molecule has 1 saturated heterocycles. The quantitative estimate of drug-likeness (QED) is 0.777. The predicted molar refractivity (Wildman–Crippen MR) is 98.7 cm³/mol. The highest BCUT2D eigenvalue weighted by molar-refractivity contribution is 5.95. The van der Waals surface area contributed by atoms with Gasteiger partial charge in [-0.1, -0.05) is 0 Å². The first-order valence-corrected chi connectivity index (χ1v) is 9.08. The van der Waals surface area contributed by atoms with E-state index >= 15 is 0 Å². The van der Waals surface area contributed by atoms with E-state index in [1.165, 1.54) is 0 Å². The number of amides is 1. The van der Waals surface area contributed by atoms with Gasteiger partial charge < -0.3 is 33.3 Å². The van der Waals surface area contributed by atoms with Crippen molar-refractivity contribution in [3.05, 3.63) is 23.8 Å². The fourth-order valence-electron chi connectivity index (χ4n) is 2.58. The Balaban J connectivity index is 2.00. The Bertz CT molecular complexity index is 551. The van der Waals surface area contributed by atoms with Crippen molar-refractivity contribution in [1.82, 2.24) is 4.90 Å². The van der Waals surface area contributed by atoms with Gasteiger partial charge in [-0.3, -0.25) is 4.79 Å². The normalized spacial score (nSPS) is 18.2. The summed E-state index contributed by atoms with van der Waals surface area (Å²) in [5.74, 6) is 0.987. The molecule has 1 aliphatic rings. The van der Waals surface area contributed by atoms with Crippen LogP contribution in [0.25, 0.3) is 0 Å². The van der Waals surface area contributed by atoms with Gasteiger partial charge in [-0.05, 0) is 18.2 Å². The number of methoxy groups -OCH3 is 2. The van der Waals surface area contributed by atoms with Crippen molar-refractivity contribution in [1.29, 1.82) is 0 Å². The zero-order chi connectivity index (χ0) is 19.3. The van der Waals surface area contributed by atoms with Crippen molar-refractivity contribution in [2.45, 2.75) is 0 Å². The maximum absolute atomic E-state index is 12.9. The lowest BCUT2D eigenvalue weighted by atomic mass is 10.1. The van der Waals surface area contributed by atoms with Gasteiger partial charge in [-0.25, -0.2) is 0 Å². The molecule has 0 saturated carbocycles. The lowest BCUT2D eigenvalue weighted by molar-refractivity contribution is 0.00206. The van der Waals surface area contributed by atoms with Gasteiger partial charge in [0.2, 0.25) is 0 Å². The lowest BCUT2D eigenvalue weighted by Gasteiger charge is -2.23. The van der Waals surface area contributed by atoms with Crippen LogP contribution in [-0.4, -0.2) is 91.0 Å². The Labute approximate surface area is 160 Å². The number of hydrogen-bond donors (Lipinski definition) is 0. The number of carbonyl (C=O) groups is 1. The molecular formula is C19H29NO7. The van der Waals surface area contributed by atoms with Gasteiger partial charge in [-0.15, -0.1) is 0 Å². The fourth-order valence-corrected chi connectivity index (χ4v) is 2.58. The largest absolute Gasteiger partial charge is 0.493 e. The van der Waals surface area contributed by atoms with Crippen LogP contribution in [0.1, 0.15) is 10.4 Å². The smallest absolute Gasteiger partial charge is 0.254 e. The molecule has 1 fully saturated rings. The highest BCUT2D eigenvalue weighted by atomic mass is 16.6. The first-order valence-electron chi connectivity index (χ1n) is 9.08. The van der Waals surface area contributed by atoms with Crippen molar-refractivity contribution >= 4 is 5.91 Å². The monoisotopic (exact) mass is 383 g/mol. The molecule has 152 valence electrons. The zero-order valence-electron chi connectivity index (χ0n) is 16.1. The van der Waals surface area contributed by atoms with E-state index in [9.17, 15) is 4.79 Å². The van der Waals surface area contributed by atoms with Gasteiger partial charge in [0, 0.05) is 18.7 Å². The third-order valence-corrected chi connectivity index (χ3v) is 4.04. The SMILES string of the molecule is COc1ccc(C(=O)N2CCOCCOCCOCCOCC2)cc1OC. The fraction of sp³-hybridized carbons (Fsp3) is 0.632. The molecule has 0 atom stereocenters. The van der Waals surface area contributed by atoms with Gasteiger partial charge in [0.25, 0.3) is 5.91 Å². The molecule has 1 aromatic rings. The molecule has 1 aromatic carbocycles. The minimum atomic E-state index is -0.111. The summed E-state index contributed by atoms with van der Waals surface area (Å²) in [7, 11) is 3.10. The summed E-state index contributed by atoms with van der Waals surface area (Å²) in [6.07, 6.45) is 0. The summed E-state index contributed by atoms with van der Waals surface area (Å²) < 4.78 is 32.4. The van der Waals surface area contributed by atoms with E-state index in [2.05, 4.69) is 0 Å². The maximum atomic E-state index is 12.9. The number of nitrogens with zero attached hydrogens (tertiary/aromatic N) is 1. The van der Waals surface area contributed by atoms with Gasteiger partial charge in [0.15, 0.2) is 11.5 Å². The number of rotatable bonds is 3. The van der Waals surface area contributed by atoms with Crippen LogP contribution < -0.4 is 9.47 Å². The average Bonchev–Trinajstić information content (AvgIpc) is 2.71. The number of benzene rings is 1. The van der Waals surface area contributed by atoms with E-state index in [1.54, 1.807) is 37.3 Å². The lowest BCUT2D eigenvalue weighted by Crippen LogP contribution is -2.37. The molecule has 0 unspecified atom stereocenters. The second-order valence-electron chi connectivity index (χ2n) is 5.81. The average molecular weight is 383 g/mol. The van der Waals surface area contributed by atoms with E-state index in [-0.39, 0.29) is 5.91 Å². The van der Waals surface area contributed by atoms with Gasteiger partial charge in [0.05, 0.1) is 67.1 Å². The molecule has 8 heteroatoms. The molecule has 0 bridgehead atoms. The van der Waals surface area contributed by atoms with E-state index in [0.29, 0.717) is 83.0 Å². The van der Waals surface area contributed by atoms with Crippen LogP contribution in [0.2, 0.25) is 0 Å². The zero-order valence-corrected chi connectivity index (χ0v) is 16.1. The molecule has 1 aliphatic heterocycles. The van der Waals surface area contributed by atoms with E-state index in [4.69, 9.17) is 28.4 Å². The second kappa shape index (κ2) is 12.5. The van der Waals surface area contributed by atoms with Crippen molar-refractivity contribution < 1.29 is 33.2 Å². The third-order valence-electron chi connectivity index (χ3n) is 4.04. The Hall–Kier alpha value is -1.87. The van der Waals surface area contributed by atoms with Crippen LogP contribution in [0.5, 0.6) is 11.5 Å². The highest BCUT2D eigenvalue weighted by Gasteiger charge is 2.18. The van der Waals surface area contributed by atoms with Crippen LogP contribution in [0, 0.1) is 0 Å². The molecule has 1 heterocycles. The summed E-state index contributed by atoms with van der Waals surface area (Å²) in [4.78, 5) is 14.6. The molecule has 0 N–H and O–H groups in total. The van der Waals surface area contributed by atoms with Gasteiger partial charge >= 0.3 is 0 Å². The summed E-state index contributed by atoms with van der Waals surface area (Å²) in [6, 6.07) is 5.13. The molecule has 0 aliphatic carbocycles. The summed E-state index contributed by atoms with van der Waals surface area (Å²) in [6.45, 7) is 4.83. The Morgan fingerprint density at radius 1 is 0.778 bits per heavy atom. The van der Waals surface area contributed by atoms with Crippen LogP contribution >= 0.6 is 0 Å². The molecule has 0 radical (unpaired) electrons. The molecule has 0 aromatic heterocycles. The third kappa shape index (κ3) is 7.34. The number of hydrogen-bond acceptors (Lipinski definition) is 7. The van der Waals surface area contributed by atoms with Crippen molar-refractivity contribution in [3.8, 4) is 11.5 Å². The number of ether oxygens (including phenoxy) is 6. The topological polar surface area (TPSA) is 75.7 Å². The number of carbonyl (C=O) groups excluding carboxylic acids is 1. The Morgan fingerprint density at radius 2 is 1.26 bits per heavy atom. The molecule has 8 nitrogen and oxygen atoms in total. The first-order chi connectivity index (χ1) is 13.3. The standard InChI is InChI=1S/C19H29NO7/c1-22-17-4-3-16(15-18(17)23-2)19(21)20-5-7-24-9-11-26-13-14-27-12-10-25-8-6-20/h3-4,15H,5-14H2,1-2H3. The molecule has 1 amide bonds. The Kier molecular flexibility index (Phi) is 9.93. The van der Waals surface area contributed by atoms with Crippen molar-refractivity contribution in [2.75, 3.05) is 80.2 Å². The predicted octanol–water partition coefficient (Wildman–Crippen LogP) is 1.23. The van der Waals surface area contributed by atoms with E-state index in [1.807, 2.05) is 0 Å². The van der Waals surface area contributed by atoms with Crippen LogP contribution in [0.4, 0.5) is 0 Å². The van der Waals surface area contributed by atoms with Crippen LogP contribution in [0.3, 0.4) is 0 Å². The second-order valence-corrected chi connectivity index (χ2v) is 5.81. The van der Waals surface area contributed by atoms with Gasteiger partial charge in [-0.2, -0.15) is 0 Å². The Morgan fingerprint density at radius 3 is 1.74 bits per heavy atom. The van der Waals surface area contributed by atoms with Crippen molar-refractivity contribution in [2.24, 2.45) is 0 Å². The highest BCUT2D eigenvalue weighted by Crippen LogP contribution is 2.28. The van der Waals surface area contributed by atoms with Crippen molar-refractivity contribution in [3.63, 3.8) is 0 Å². The van der Waals surface area contributed by atoms with Crippen LogP contribution in [0.15, 0.2) is 18.2 Å². The van der Waals surface area contributed by atoms with E-state index in [0.717, 1.165) is 0 Å². The minimum Gasteiger partial charge on any atom is -0.493 e. The summed E-state index contributed by atoms with van der Waals surface area (Å²) >= 11 is 0. The first kappa shape index (κ1) is 21.4. The molecular weight excluding hydrogens is 354 g/mol. The van der Waals surface area contributed by atoms with E-state index < -0.39 is 0 Å². The molecule has 27 heavy (non-hydrogen) atoms.